The summed E-state index contributed by atoms with van der Waals surface area (Å²) < 4.78 is 4.59. The zero-order chi connectivity index (χ0) is 15.8. The fourth-order valence-corrected chi connectivity index (χ4v) is 2.11. The number of carbonyl (C=O) groups is 2. The summed E-state index contributed by atoms with van der Waals surface area (Å²) in [5, 5.41) is 8.49. The van der Waals surface area contributed by atoms with Crippen molar-refractivity contribution in [3.05, 3.63) is 12.2 Å². The fraction of sp³-hybridized carbons (Fsp3) is 0.765. The molecule has 0 spiro atoms. The summed E-state index contributed by atoms with van der Waals surface area (Å²) >= 11 is 0. The van der Waals surface area contributed by atoms with Gasteiger partial charge in [0.25, 0.3) is 0 Å². The normalized spacial score (nSPS) is 10.9. The SMILES string of the molecule is COC(=O)CCCCCCC/C=C/CCCCCC(=O)O. The molecule has 0 fully saturated rings. The maximum absolute atomic E-state index is 10.9. The van der Waals surface area contributed by atoms with E-state index in [9.17, 15) is 9.59 Å². The van der Waals surface area contributed by atoms with Gasteiger partial charge in [0, 0.05) is 12.8 Å². The predicted molar refractivity (Wildman–Crippen MR) is 84.2 cm³/mol. The van der Waals surface area contributed by atoms with E-state index < -0.39 is 5.97 Å². The van der Waals surface area contributed by atoms with E-state index in [-0.39, 0.29) is 5.97 Å². The highest BCUT2D eigenvalue weighted by molar-refractivity contribution is 5.68. The molecule has 0 heterocycles. The summed E-state index contributed by atoms with van der Waals surface area (Å²) in [5.74, 6) is -0.807. The minimum atomic E-state index is -0.697. The molecule has 0 saturated heterocycles. The standard InChI is InChI=1S/C17H30O4/c1-21-17(20)15-13-11-9-7-5-3-2-4-6-8-10-12-14-16(18)19/h2,4H,3,5-15H2,1H3,(H,18,19)/b4-2+. The Morgan fingerprint density at radius 3 is 1.86 bits per heavy atom. The second-order valence-corrected chi connectivity index (χ2v) is 5.35. The summed E-state index contributed by atoms with van der Waals surface area (Å²) in [6, 6.07) is 0. The molecule has 0 atom stereocenters. The number of hydrogen-bond acceptors (Lipinski definition) is 3. The molecule has 0 saturated carbocycles. The van der Waals surface area contributed by atoms with E-state index in [4.69, 9.17) is 5.11 Å². The van der Waals surface area contributed by atoms with Gasteiger partial charge in [-0.05, 0) is 38.5 Å². The minimum Gasteiger partial charge on any atom is -0.481 e. The molecule has 4 nitrogen and oxygen atoms in total. The average Bonchev–Trinajstić information content (AvgIpc) is 2.46. The second kappa shape index (κ2) is 15.1. The van der Waals surface area contributed by atoms with Crippen LogP contribution in [0.1, 0.15) is 77.0 Å². The van der Waals surface area contributed by atoms with Gasteiger partial charge in [0.05, 0.1) is 7.11 Å². The van der Waals surface area contributed by atoms with Crippen LogP contribution in [0.3, 0.4) is 0 Å². The Balaban J connectivity index is 3.15. The first-order valence-electron chi connectivity index (χ1n) is 8.10. The van der Waals surface area contributed by atoms with Crippen LogP contribution >= 0.6 is 0 Å². The molecule has 21 heavy (non-hydrogen) atoms. The zero-order valence-electron chi connectivity index (χ0n) is 13.3. The Bertz CT molecular complexity index is 297. The summed E-state index contributed by atoms with van der Waals surface area (Å²) in [5.41, 5.74) is 0. The maximum Gasteiger partial charge on any atom is 0.305 e. The van der Waals surface area contributed by atoms with Gasteiger partial charge in [-0.3, -0.25) is 9.59 Å². The van der Waals surface area contributed by atoms with E-state index in [0.29, 0.717) is 12.8 Å². The van der Waals surface area contributed by atoms with Gasteiger partial charge in [-0.1, -0.05) is 37.8 Å². The van der Waals surface area contributed by atoms with E-state index in [1.165, 1.54) is 26.4 Å². The summed E-state index contributed by atoms with van der Waals surface area (Å²) in [4.78, 5) is 21.2. The molecule has 4 heteroatoms. The number of rotatable bonds is 14. The van der Waals surface area contributed by atoms with Crippen LogP contribution in [0.25, 0.3) is 0 Å². The largest absolute Gasteiger partial charge is 0.481 e. The molecule has 0 aromatic carbocycles. The van der Waals surface area contributed by atoms with Crippen LogP contribution in [0.15, 0.2) is 12.2 Å². The lowest BCUT2D eigenvalue weighted by Gasteiger charge is -2.00. The Labute approximate surface area is 128 Å². The van der Waals surface area contributed by atoms with Gasteiger partial charge in [-0.2, -0.15) is 0 Å². The van der Waals surface area contributed by atoms with Crippen LogP contribution in [0.5, 0.6) is 0 Å². The molecule has 0 bridgehead atoms. The van der Waals surface area contributed by atoms with E-state index in [2.05, 4.69) is 16.9 Å². The van der Waals surface area contributed by atoms with E-state index >= 15 is 0 Å². The second-order valence-electron chi connectivity index (χ2n) is 5.35. The molecule has 0 amide bonds. The number of carboxylic acids is 1. The van der Waals surface area contributed by atoms with Gasteiger partial charge < -0.3 is 9.84 Å². The van der Waals surface area contributed by atoms with E-state index in [1.54, 1.807) is 0 Å². The van der Waals surface area contributed by atoms with Crippen LogP contribution in [0.2, 0.25) is 0 Å². The topological polar surface area (TPSA) is 63.6 Å². The molecule has 0 aliphatic rings. The molecule has 0 unspecified atom stereocenters. The smallest absolute Gasteiger partial charge is 0.305 e. The van der Waals surface area contributed by atoms with Crippen molar-refractivity contribution in [2.75, 3.05) is 7.11 Å². The third kappa shape index (κ3) is 16.6. The zero-order valence-corrected chi connectivity index (χ0v) is 13.3. The van der Waals surface area contributed by atoms with Crippen molar-refractivity contribution in [1.29, 1.82) is 0 Å². The van der Waals surface area contributed by atoms with Crippen molar-refractivity contribution in [2.45, 2.75) is 77.0 Å². The van der Waals surface area contributed by atoms with Gasteiger partial charge in [-0.25, -0.2) is 0 Å². The predicted octanol–water partition coefficient (Wildman–Crippen LogP) is 4.48. The van der Waals surface area contributed by atoms with E-state index in [0.717, 1.165) is 44.9 Å². The number of carboxylic acid groups (broad SMARTS) is 1. The van der Waals surface area contributed by atoms with Crippen LogP contribution in [-0.2, 0) is 14.3 Å². The Morgan fingerprint density at radius 1 is 0.810 bits per heavy atom. The van der Waals surface area contributed by atoms with Crippen molar-refractivity contribution >= 4 is 11.9 Å². The summed E-state index contributed by atoms with van der Waals surface area (Å²) in [6.45, 7) is 0. The Hall–Kier alpha value is -1.32. The van der Waals surface area contributed by atoms with Crippen LogP contribution < -0.4 is 0 Å². The Morgan fingerprint density at radius 2 is 1.29 bits per heavy atom. The van der Waals surface area contributed by atoms with Crippen LogP contribution in [-0.4, -0.2) is 24.2 Å². The first kappa shape index (κ1) is 19.7. The molecule has 0 rings (SSSR count). The number of unbranched alkanes of at least 4 members (excludes halogenated alkanes) is 8. The molecule has 0 aromatic heterocycles. The molecular formula is C17H30O4. The first-order valence-corrected chi connectivity index (χ1v) is 8.10. The Kier molecular flexibility index (Phi) is 14.1. The molecular weight excluding hydrogens is 268 g/mol. The molecule has 0 aliphatic heterocycles. The van der Waals surface area contributed by atoms with Gasteiger partial charge in [0.1, 0.15) is 0 Å². The van der Waals surface area contributed by atoms with Gasteiger partial charge in [-0.15, -0.1) is 0 Å². The third-order valence-corrected chi connectivity index (χ3v) is 3.41. The molecule has 0 radical (unpaired) electrons. The van der Waals surface area contributed by atoms with Crippen LogP contribution in [0, 0.1) is 0 Å². The number of carbonyl (C=O) groups excluding carboxylic acids is 1. The van der Waals surface area contributed by atoms with Gasteiger partial charge in [0.15, 0.2) is 0 Å². The number of hydrogen-bond donors (Lipinski definition) is 1. The number of ether oxygens (including phenoxy) is 1. The van der Waals surface area contributed by atoms with Crippen LogP contribution in [0.4, 0.5) is 0 Å². The van der Waals surface area contributed by atoms with Crippen molar-refractivity contribution in [3.63, 3.8) is 0 Å². The number of allylic oxidation sites excluding steroid dienone is 2. The quantitative estimate of drug-likeness (QED) is 0.292. The number of esters is 1. The maximum atomic E-state index is 10.9. The van der Waals surface area contributed by atoms with E-state index in [1.807, 2.05) is 0 Å². The number of aliphatic carboxylic acids is 1. The number of methoxy groups -OCH3 is 1. The fourth-order valence-electron chi connectivity index (χ4n) is 2.11. The van der Waals surface area contributed by atoms with Crippen molar-refractivity contribution < 1.29 is 19.4 Å². The highest BCUT2D eigenvalue weighted by Gasteiger charge is 1.98. The first-order chi connectivity index (χ1) is 10.2. The highest BCUT2D eigenvalue weighted by atomic mass is 16.5. The summed E-state index contributed by atoms with van der Waals surface area (Å²) in [7, 11) is 1.43. The lowest BCUT2D eigenvalue weighted by atomic mass is 10.1. The van der Waals surface area contributed by atoms with Crippen molar-refractivity contribution in [2.24, 2.45) is 0 Å². The molecule has 122 valence electrons. The molecule has 1 N–H and O–H groups in total. The van der Waals surface area contributed by atoms with Gasteiger partial charge >= 0.3 is 11.9 Å². The molecule has 0 aromatic rings. The van der Waals surface area contributed by atoms with Gasteiger partial charge in [0.2, 0.25) is 0 Å². The third-order valence-electron chi connectivity index (χ3n) is 3.41. The van der Waals surface area contributed by atoms with Crippen molar-refractivity contribution in [1.82, 2.24) is 0 Å². The molecule has 0 aliphatic carbocycles. The highest BCUT2D eigenvalue weighted by Crippen LogP contribution is 2.09. The van der Waals surface area contributed by atoms with Crippen molar-refractivity contribution in [3.8, 4) is 0 Å². The minimum absolute atomic E-state index is 0.110. The summed E-state index contributed by atoms with van der Waals surface area (Å²) in [6.07, 6.45) is 15.9. The lowest BCUT2D eigenvalue weighted by molar-refractivity contribution is -0.141. The lowest BCUT2D eigenvalue weighted by Crippen LogP contribution is -1.98. The average molecular weight is 298 g/mol. The monoisotopic (exact) mass is 298 g/mol.